The molecule has 0 aromatic heterocycles. The predicted octanol–water partition coefficient (Wildman–Crippen LogP) is 1.80. The van der Waals surface area contributed by atoms with Crippen LogP contribution in [-0.4, -0.2) is 52.9 Å². The van der Waals surface area contributed by atoms with Gasteiger partial charge in [0, 0.05) is 13.1 Å². The van der Waals surface area contributed by atoms with E-state index in [-0.39, 0.29) is 19.8 Å². The van der Waals surface area contributed by atoms with E-state index in [0.717, 1.165) is 19.3 Å². The lowest BCUT2D eigenvalue weighted by atomic mass is 10.1. The van der Waals surface area contributed by atoms with Crippen molar-refractivity contribution in [1.82, 2.24) is 5.32 Å². The van der Waals surface area contributed by atoms with E-state index in [9.17, 15) is 4.57 Å². The largest absolute Gasteiger partial charge is 0.469 e. The normalized spacial score (nSPS) is 11.1. The Labute approximate surface area is 134 Å². The number of nitrogens with one attached hydrogen (secondary N) is 1. The van der Waals surface area contributed by atoms with Crippen molar-refractivity contribution in [1.29, 1.82) is 0 Å². The minimum Gasteiger partial charge on any atom is -0.395 e. The molecule has 0 radical (unpaired) electrons. The predicted molar refractivity (Wildman–Crippen MR) is 87.6 cm³/mol. The number of rotatable bonds is 14. The van der Waals surface area contributed by atoms with Gasteiger partial charge in [0.2, 0.25) is 0 Å². The number of aliphatic hydroxyl groups is 2. The quantitative estimate of drug-likeness (QED) is 0.241. The van der Waals surface area contributed by atoms with Crippen LogP contribution in [0.15, 0.2) is 0 Å². The molecule has 0 unspecified atom stereocenters. The Kier molecular flexibility index (Phi) is 21.0. The molecule has 0 saturated heterocycles. The Morgan fingerprint density at radius 2 is 1.32 bits per heavy atom. The third-order valence-electron chi connectivity index (χ3n) is 2.83. The highest BCUT2D eigenvalue weighted by molar-refractivity contribution is 7.46. The topological polar surface area (TPSA) is 119 Å². The molecule has 0 bridgehead atoms. The highest BCUT2D eigenvalue weighted by Crippen LogP contribution is 2.35. The molecule has 0 atom stereocenters. The minimum atomic E-state index is -4.24. The van der Waals surface area contributed by atoms with Gasteiger partial charge < -0.3 is 25.3 Å². The van der Waals surface area contributed by atoms with Crippen molar-refractivity contribution >= 4 is 7.82 Å². The van der Waals surface area contributed by atoms with Gasteiger partial charge in [-0.05, 0) is 6.42 Å². The standard InChI is InChI=1S/C10H23O4P.C4H11NO2/c1-2-3-4-5-6-7-8-9-10-14-15(11,12)13;6-3-1-5-2-4-7/h2-10H2,1H3,(H2,11,12,13);5-7H,1-4H2. The van der Waals surface area contributed by atoms with Gasteiger partial charge in [0.15, 0.2) is 0 Å². The maximum Gasteiger partial charge on any atom is 0.469 e. The molecule has 0 aliphatic rings. The number of aliphatic hydroxyl groups excluding tert-OH is 2. The van der Waals surface area contributed by atoms with Crippen molar-refractivity contribution in [3.8, 4) is 0 Å². The zero-order chi connectivity index (χ0) is 17.1. The van der Waals surface area contributed by atoms with Gasteiger partial charge in [0.1, 0.15) is 0 Å². The molecular formula is C14H34NO6P. The van der Waals surface area contributed by atoms with Crippen LogP contribution in [0.5, 0.6) is 0 Å². The monoisotopic (exact) mass is 343 g/mol. The van der Waals surface area contributed by atoms with Crippen LogP contribution in [0.1, 0.15) is 58.3 Å². The summed E-state index contributed by atoms with van der Waals surface area (Å²) in [5, 5.41) is 19.1. The van der Waals surface area contributed by atoms with Crippen molar-refractivity contribution in [3.05, 3.63) is 0 Å². The summed E-state index contributed by atoms with van der Waals surface area (Å²) >= 11 is 0. The van der Waals surface area contributed by atoms with E-state index in [2.05, 4.69) is 16.8 Å². The van der Waals surface area contributed by atoms with Gasteiger partial charge >= 0.3 is 7.82 Å². The molecule has 8 heteroatoms. The minimum absolute atomic E-state index is 0.139. The Morgan fingerprint density at radius 1 is 0.864 bits per heavy atom. The van der Waals surface area contributed by atoms with Crippen LogP contribution in [-0.2, 0) is 9.09 Å². The highest BCUT2D eigenvalue weighted by atomic mass is 31.2. The summed E-state index contributed by atoms with van der Waals surface area (Å²) < 4.78 is 14.7. The first kappa shape index (κ1) is 24.2. The number of phosphoric acid groups is 1. The van der Waals surface area contributed by atoms with Crippen LogP contribution in [0.3, 0.4) is 0 Å². The molecule has 0 saturated carbocycles. The summed E-state index contributed by atoms with van der Waals surface area (Å²) in [6.45, 7) is 3.78. The Bertz CT molecular complexity index is 245. The summed E-state index contributed by atoms with van der Waals surface area (Å²) in [7, 11) is -4.24. The van der Waals surface area contributed by atoms with Gasteiger partial charge in [-0.2, -0.15) is 0 Å². The molecule has 0 aliphatic heterocycles. The molecule has 0 fully saturated rings. The molecule has 0 aliphatic carbocycles. The highest BCUT2D eigenvalue weighted by Gasteiger charge is 2.12. The van der Waals surface area contributed by atoms with Crippen LogP contribution in [0.2, 0.25) is 0 Å². The van der Waals surface area contributed by atoms with Gasteiger partial charge in [-0.15, -0.1) is 0 Å². The molecule has 0 aromatic rings. The maximum atomic E-state index is 10.3. The Morgan fingerprint density at radius 3 is 1.73 bits per heavy atom. The van der Waals surface area contributed by atoms with Crippen LogP contribution in [0.25, 0.3) is 0 Å². The fourth-order valence-electron chi connectivity index (χ4n) is 1.70. The molecule has 7 nitrogen and oxygen atoms in total. The van der Waals surface area contributed by atoms with Crippen LogP contribution >= 0.6 is 7.82 Å². The average molecular weight is 343 g/mol. The maximum absolute atomic E-state index is 10.3. The molecule has 22 heavy (non-hydrogen) atoms. The molecule has 5 N–H and O–H groups in total. The van der Waals surface area contributed by atoms with E-state index in [4.69, 9.17) is 20.0 Å². The van der Waals surface area contributed by atoms with Crippen molar-refractivity contribution in [3.63, 3.8) is 0 Å². The fourth-order valence-corrected chi connectivity index (χ4v) is 2.07. The van der Waals surface area contributed by atoms with E-state index in [1.807, 2.05) is 0 Å². The van der Waals surface area contributed by atoms with Crippen molar-refractivity contribution in [2.24, 2.45) is 0 Å². The molecule has 0 amide bonds. The zero-order valence-electron chi connectivity index (χ0n) is 13.7. The summed E-state index contributed by atoms with van der Waals surface area (Å²) in [5.74, 6) is 0. The SMILES string of the molecule is CCCCCCCCCCOP(=O)(O)O.OCCNCCO. The second-order valence-corrected chi connectivity index (χ2v) is 6.24. The lowest BCUT2D eigenvalue weighted by molar-refractivity contribution is 0.193. The van der Waals surface area contributed by atoms with Gasteiger partial charge in [-0.3, -0.25) is 4.52 Å². The second kappa shape index (κ2) is 19.0. The first-order valence-electron chi connectivity index (χ1n) is 8.10. The third kappa shape index (κ3) is 28.2. The molecule has 0 heterocycles. The van der Waals surface area contributed by atoms with Crippen molar-refractivity contribution in [2.45, 2.75) is 58.3 Å². The van der Waals surface area contributed by atoms with E-state index >= 15 is 0 Å². The summed E-state index contributed by atoms with van der Waals surface area (Å²) in [6, 6.07) is 0. The van der Waals surface area contributed by atoms with Gasteiger partial charge in [-0.1, -0.05) is 51.9 Å². The molecule has 0 aromatic carbocycles. The van der Waals surface area contributed by atoms with Crippen LogP contribution in [0.4, 0.5) is 0 Å². The van der Waals surface area contributed by atoms with E-state index in [1.165, 1.54) is 32.1 Å². The van der Waals surface area contributed by atoms with Crippen LogP contribution < -0.4 is 5.32 Å². The third-order valence-corrected chi connectivity index (χ3v) is 3.35. The Balaban J connectivity index is 0. The van der Waals surface area contributed by atoms with E-state index in [1.54, 1.807) is 0 Å². The Hall–Kier alpha value is -0.0100. The first-order chi connectivity index (χ1) is 10.5. The van der Waals surface area contributed by atoms with Gasteiger partial charge in [0.25, 0.3) is 0 Å². The van der Waals surface area contributed by atoms with Crippen molar-refractivity contribution in [2.75, 3.05) is 32.9 Å². The second-order valence-electron chi connectivity index (χ2n) is 5.00. The lowest BCUT2D eigenvalue weighted by Crippen LogP contribution is -2.21. The van der Waals surface area contributed by atoms with Gasteiger partial charge in [0.05, 0.1) is 19.8 Å². The lowest BCUT2D eigenvalue weighted by Gasteiger charge is -2.04. The van der Waals surface area contributed by atoms with Crippen molar-refractivity contribution < 1.29 is 29.1 Å². The fraction of sp³-hybridized carbons (Fsp3) is 1.00. The average Bonchev–Trinajstić information content (AvgIpc) is 2.46. The molecule has 0 spiro atoms. The van der Waals surface area contributed by atoms with E-state index in [0.29, 0.717) is 13.1 Å². The zero-order valence-corrected chi connectivity index (χ0v) is 14.6. The van der Waals surface area contributed by atoms with Gasteiger partial charge in [-0.25, -0.2) is 4.57 Å². The number of hydrogen-bond acceptors (Lipinski definition) is 5. The summed E-state index contributed by atoms with van der Waals surface area (Å²) in [4.78, 5) is 16.8. The molecular weight excluding hydrogens is 309 g/mol. The number of hydrogen-bond donors (Lipinski definition) is 5. The smallest absolute Gasteiger partial charge is 0.395 e. The first-order valence-corrected chi connectivity index (χ1v) is 9.63. The number of unbranched alkanes of at least 4 members (excludes halogenated alkanes) is 7. The van der Waals surface area contributed by atoms with E-state index < -0.39 is 7.82 Å². The summed E-state index contributed by atoms with van der Waals surface area (Å²) in [6.07, 6.45) is 9.22. The number of phosphoric ester groups is 1. The summed E-state index contributed by atoms with van der Waals surface area (Å²) in [5.41, 5.74) is 0. The van der Waals surface area contributed by atoms with Crippen LogP contribution in [0, 0.1) is 0 Å². The molecule has 136 valence electrons. The molecule has 0 rings (SSSR count).